The number of hydrogen-bond donors (Lipinski definition) is 0. The van der Waals surface area contributed by atoms with E-state index >= 15 is 0 Å². The lowest BCUT2D eigenvalue weighted by Gasteiger charge is -1.63. The summed E-state index contributed by atoms with van der Waals surface area (Å²) in [6, 6.07) is 0. The molecule has 0 N–H and O–H groups in total. The minimum absolute atomic E-state index is 0.956. The van der Waals surface area contributed by atoms with Crippen LogP contribution >= 0.6 is 11.9 Å². The van der Waals surface area contributed by atoms with Crippen molar-refractivity contribution in [3.05, 3.63) is 17.7 Å². The highest BCUT2D eigenvalue weighted by molar-refractivity contribution is 8.00. The molecule has 0 aromatic carbocycles. The van der Waals surface area contributed by atoms with Gasteiger partial charge in [0, 0.05) is 17.4 Å². The second kappa shape index (κ2) is 5.25. The Morgan fingerprint density at radius 3 is 3.00 bits per heavy atom. The Labute approximate surface area is 45.8 Å². The molecule has 0 radical (unpaired) electrons. The standard InChI is InChI=1S/C4H3NOS/c1-2-3-7-5-4-6/h3H,1H2. The highest BCUT2D eigenvalue weighted by Crippen LogP contribution is 1.97. The van der Waals surface area contributed by atoms with Crippen LogP contribution in [0.1, 0.15) is 0 Å². The molecule has 36 valence electrons. The van der Waals surface area contributed by atoms with E-state index in [1.807, 2.05) is 0 Å². The van der Waals surface area contributed by atoms with Crippen molar-refractivity contribution in [2.45, 2.75) is 0 Å². The van der Waals surface area contributed by atoms with E-state index in [0.717, 1.165) is 11.9 Å². The number of hydrogen-bond acceptors (Lipinski definition) is 3. The van der Waals surface area contributed by atoms with Gasteiger partial charge in [-0.05, 0) is 0 Å². The number of carbonyl (C=O) groups excluding carboxylic acids is 1. The molecule has 0 aromatic rings. The smallest absolute Gasteiger partial charge is 0.210 e. The third-order valence-electron chi connectivity index (χ3n) is 0.226. The van der Waals surface area contributed by atoms with Gasteiger partial charge in [0.05, 0.1) is 0 Å². The molecule has 0 aliphatic rings. The molecule has 0 saturated heterocycles. The second-order valence-electron chi connectivity index (χ2n) is 0.610. The molecule has 3 heteroatoms. The Hall–Kier alpha value is -0.750. The zero-order valence-electron chi connectivity index (χ0n) is 3.55. The first-order chi connectivity index (χ1) is 3.41. The van der Waals surface area contributed by atoms with Gasteiger partial charge in [-0.25, -0.2) is 4.79 Å². The van der Waals surface area contributed by atoms with Gasteiger partial charge in [0.1, 0.15) is 0 Å². The molecule has 0 atom stereocenters. The first kappa shape index (κ1) is 6.25. The SMILES string of the molecule is C=C=CSN=C=O. The summed E-state index contributed by atoms with van der Waals surface area (Å²) in [5.74, 6) is 0. The van der Waals surface area contributed by atoms with Gasteiger partial charge in [0.2, 0.25) is 6.08 Å². The third-order valence-corrected chi connectivity index (χ3v) is 0.678. The summed E-state index contributed by atoms with van der Waals surface area (Å²) < 4.78 is 3.11. The van der Waals surface area contributed by atoms with E-state index in [4.69, 9.17) is 0 Å². The van der Waals surface area contributed by atoms with Crippen LogP contribution in [0, 0.1) is 0 Å². The summed E-state index contributed by atoms with van der Waals surface area (Å²) in [6.07, 6.45) is 1.34. The van der Waals surface area contributed by atoms with Crippen molar-refractivity contribution in [1.29, 1.82) is 0 Å². The molecular formula is C4H3NOS. The molecule has 0 heterocycles. The van der Waals surface area contributed by atoms with Crippen LogP contribution in [0.15, 0.2) is 22.1 Å². The first-order valence-electron chi connectivity index (χ1n) is 1.49. The van der Waals surface area contributed by atoms with E-state index in [1.165, 1.54) is 11.5 Å². The summed E-state index contributed by atoms with van der Waals surface area (Å²) in [4.78, 5) is 9.30. The molecule has 7 heavy (non-hydrogen) atoms. The van der Waals surface area contributed by atoms with Crippen molar-refractivity contribution in [3.8, 4) is 0 Å². The highest BCUT2D eigenvalue weighted by Gasteiger charge is 1.62. The lowest BCUT2D eigenvalue weighted by molar-refractivity contribution is 0.566. The van der Waals surface area contributed by atoms with Gasteiger partial charge in [-0.15, -0.1) is 10.1 Å². The maximum absolute atomic E-state index is 9.30. The van der Waals surface area contributed by atoms with Gasteiger partial charge >= 0.3 is 0 Å². The topological polar surface area (TPSA) is 29.4 Å². The molecule has 0 unspecified atom stereocenters. The summed E-state index contributed by atoms with van der Waals surface area (Å²) in [6.45, 7) is 3.24. The molecule has 0 amide bonds. The van der Waals surface area contributed by atoms with Crippen LogP contribution in [0.2, 0.25) is 0 Å². The van der Waals surface area contributed by atoms with Crippen LogP contribution < -0.4 is 0 Å². The van der Waals surface area contributed by atoms with Crippen molar-refractivity contribution in [2.24, 2.45) is 4.40 Å². The van der Waals surface area contributed by atoms with E-state index in [9.17, 15) is 4.79 Å². The Morgan fingerprint density at radius 1 is 1.86 bits per heavy atom. The summed E-state index contributed by atoms with van der Waals surface area (Å²) in [5, 5.41) is 1.46. The van der Waals surface area contributed by atoms with E-state index in [-0.39, 0.29) is 0 Å². The Morgan fingerprint density at radius 2 is 2.57 bits per heavy atom. The van der Waals surface area contributed by atoms with Crippen LogP contribution in [0.4, 0.5) is 0 Å². The monoisotopic (exact) mass is 113 g/mol. The summed E-state index contributed by atoms with van der Waals surface area (Å²) in [7, 11) is 0. The predicted octanol–water partition coefficient (Wildman–Crippen LogP) is 1.27. The van der Waals surface area contributed by atoms with Crippen molar-refractivity contribution in [2.75, 3.05) is 0 Å². The quantitative estimate of drug-likeness (QED) is 0.233. The van der Waals surface area contributed by atoms with Crippen LogP contribution in [0.25, 0.3) is 0 Å². The first-order valence-corrected chi connectivity index (χ1v) is 2.32. The van der Waals surface area contributed by atoms with Gasteiger partial charge in [-0.3, -0.25) is 0 Å². The molecule has 0 aliphatic heterocycles. The van der Waals surface area contributed by atoms with E-state index < -0.39 is 0 Å². The van der Waals surface area contributed by atoms with E-state index in [1.54, 1.807) is 0 Å². The maximum atomic E-state index is 9.30. The molecule has 0 aromatic heterocycles. The van der Waals surface area contributed by atoms with Crippen LogP contribution in [-0.4, -0.2) is 6.08 Å². The summed E-state index contributed by atoms with van der Waals surface area (Å²) >= 11 is 0.956. The van der Waals surface area contributed by atoms with E-state index in [0.29, 0.717) is 0 Å². The van der Waals surface area contributed by atoms with Crippen molar-refractivity contribution in [1.82, 2.24) is 0 Å². The fraction of sp³-hybridized carbons (Fsp3) is 0. The lowest BCUT2D eigenvalue weighted by atomic mass is 11.0. The Kier molecular flexibility index (Phi) is 4.69. The summed E-state index contributed by atoms with van der Waals surface area (Å²) in [5.41, 5.74) is 2.42. The number of isocyanates is 1. The average molecular weight is 113 g/mol. The molecule has 0 spiro atoms. The molecule has 0 aliphatic carbocycles. The number of rotatable bonds is 2. The van der Waals surface area contributed by atoms with Crippen LogP contribution in [0.3, 0.4) is 0 Å². The van der Waals surface area contributed by atoms with Crippen molar-refractivity contribution < 1.29 is 4.79 Å². The Bertz CT molecular complexity index is 115. The second-order valence-corrected chi connectivity index (χ2v) is 1.24. The fourth-order valence-electron chi connectivity index (χ4n) is 0.0851. The maximum Gasteiger partial charge on any atom is 0.247 e. The Balaban J connectivity index is 3.33. The molecular weight excluding hydrogens is 110 g/mol. The van der Waals surface area contributed by atoms with Gasteiger partial charge in [-0.2, -0.15) is 0 Å². The van der Waals surface area contributed by atoms with Gasteiger partial charge in [0.25, 0.3) is 0 Å². The zero-order valence-corrected chi connectivity index (χ0v) is 4.36. The molecule has 0 rings (SSSR count). The van der Waals surface area contributed by atoms with Crippen molar-refractivity contribution in [3.63, 3.8) is 0 Å². The van der Waals surface area contributed by atoms with Crippen LogP contribution in [0.5, 0.6) is 0 Å². The highest BCUT2D eigenvalue weighted by atomic mass is 32.2. The van der Waals surface area contributed by atoms with Crippen LogP contribution in [-0.2, 0) is 4.79 Å². The van der Waals surface area contributed by atoms with E-state index in [2.05, 4.69) is 16.7 Å². The molecule has 2 nitrogen and oxygen atoms in total. The normalized spacial score (nSPS) is 5.71. The largest absolute Gasteiger partial charge is 0.247 e. The molecule has 0 fully saturated rings. The third kappa shape index (κ3) is 5.25. The zero-order chi connectivity index (χ0) is 5.54. The lowest BCUT2D eigenvalue weighted by Crippen LogP contribution is -1.39. The molecule has 0 bridgehead atoms. The fourth-order valence-corrected chi connectivity index (χ4v) is 0.255. The minimum Gasteiger partial charge on any atom is -0.210 e. The number of nitrogens with zero attached hydrogens (tertiary/aromatic N) is 1. The van der Waals surface area contributed by atoms with Gasteiger partial charge in [0.15, 0.2) is 0 Å². The minimum atomic E-state index is 0.956. The van der Waals surface area contributed by atoms with Crippen molar-refractivity contribution >= 4 is 18.0 Å². The average Bonchev–Trinajstić information content (AvgIpc) is 1.69. The molecule has 0 saturated carbocycles. The van der Waals surface area contributed by atoms with Gasteiger partial charge < -0.3 is 0 Å². The predicted molar refractivity (Wildman–Crippen MR) is 29.4 cm³/mol. The van der Waals surface area contributed by atoms with Gasteiger partial charge in [-0.1, -0.05) is 6.58 Å².